The summed E-state index contributed by atoms with van der Waals surface area (Å²) in [6, 6.07) is 0. The first-order valence-corrected chi connectivity index (χ1v) is 5.50. The van der Waals surface area contributed by atoms with Crippen LogP contribution >= 0.6 is 0 Å². The summed E-state index contributed by atoms with van der Waals surface area (Å²) in [5, 5.41) is 1.15. The van der Waals surface area contributed by atoms with Crippen LogP contribution in [0.3, 0.4) is 0 Å². The Hall–Kier alpha value is -0.280. The molecule has 0 aliphatic carbocycles. The molecule has 0 atom stereocenters. The molecule has 12 nitrogen and oxygen atoms in total. The first-order chi connectivity index (χ1) is 9.20. The molecule has 0 aromatic rings. The van der Waals surface area contributed by atoms with Gasteiger partial charge in [-0.25, -0.2) is 0 Å². The molecule has 0 spiro atoms. The summed E-state index contributed by atoms with van der Waals surface area (Å²) in [6.07, 6.45) is 0. The Bertz CT molecular complexity index is 328. The van der Waals surface area contributed by atoms with Gasteiger partial charge in [-0.15, -0.1) is 0 Å². The number of carbonyl (C=O) groups is 4. The van der Waals surface area contributed by atoms with Gasteiger partial charge in [0.2, 0.25) is 0 Å². The van der Waals surface area contributed by atoms with E-state index in [1.807, 2.05) is 0 Å². The van der Waals surface area contributed by atoms with Gasteiger partial charge in [0.25, 0.3) is 0 Å². The van der Waals surface area contributed by atoms with Crippen LogP contribution in [0, 0.1) is 0 Å². The maximum atomic E-state index is 10.8. The van der Waals surface area contributed by atoms with Gasteiger partial charge in [-0.2, -0.15) is 0 Å². The molecule has 0 saturated heterocycles. The third kappa shape index (κ3) is 21.7. The maximum absolute atomic E-state index is 10.8. The molecule has 24 heavy (non-hydrogen) atoms. The van der Waals surface area contributed by atoms with E-state index in [0.29, 0.717) is 10.5 Å². The van der Waals surface area contributed by atoms with E-state index in [-0.39, 0.29) is 83.2 Å². The Morgan fingerprint density at radius 1 is 0.583 bits per heavy atom. The van der Waals surface area contributed by atoms with Crippen LogP contribution in [0.15, 0.2) is 0 Å². The number of nitrogens with zero attached hydrogens (tertiary/aromatic N) is 2. The van der Waals surface area contributed by atoms with Crippen molar-refractivity contribution in [1.29, 1.82) is 0 Å². The zero-order valence-electron chi connectivity index (χ0n) is 14.6. The molecule has 4 N–H and O–H groups in total. The summed E-state index contributed by atoms with van der Waals surface area (Å²) in [6.45, 7) is 3.97. The van der Waals surface area contributed by atoms with Gasteiger partial charge in [-0.05, 0) is 0 Å². The Labute approximate surface area is 182 Å². The second kappa shape index (κ2) is 19.1. The summed E-state index contributed by atoms with van der Waals surface area (Å²) < 4.78 is 0. The van der Waals surface area contributed by atoms with Crippen molar-refractivity contribution < 1.29 is 49.5 Å². The third-order valence-corrected chi connectivity index (χ3v) is 1.39. The van der Waals surface area contributed by atoms with Crippen molar-refractivity contribution in [3.63, 3.8) is 0 Å². The predicted octanol–water partition coefficient (Wildman–Crippen LogP) is -2.91. The van der Waals surface area contributed by atoms with Crippen LogP contribution in [0.1, 0.15) is 27.7 Å². The van der Waals surface area contributed by atoms with Crippen molar-refractivity contribution in [1.82, 2.24) is 10.5 Å². The molecular weight excluding hydrogens is 354 g/mol. The van der Waals surface area contributed by atoms with Crippen LogP contribution in [-0.4, -0.2) is 117 Å². The molecule has 0 fully saturated rings. The molecule has 0 amide bonds. The van der Waals surface area contributed by atoms with E-state index < -0.39 is 23.9 Å². The van der Waals surface area contributed by atoms with Crippen molar-refractivity contribution in [2.75, 3.05) is 13.1 Å². The average Bonchev–Trinajstić information content (AvgIpc) is 2.22. The fourth-order valence-electron chi connectivity index (χ4n) is 0.957. The molecule has 2 radical (unpaired) electrons. The molecule has 0 aliphatic rings. The minimum absolute atomic E-state index is 0. The van der Waals surface area contributed by atoms with Crippen LogP contribution in [0.4, 0.5) is 0 Å². The largest absolute Gasteiger partial charge is 0.412 e. The smallest absolute Gasteiger partial charge is 0.326 e. The average molecular weight is 374 g/mol. The SMILES string of the molecule is CC(=O)ON(CCN(OC(C)=O)OC(C)=O)OC(C)=O.O.O.[Na].[Na]. The molecule has 132 valence electrons. The van der Waals surface area contributed by atoms with Gasteiger partial charge in [0, 0.05) is 97.3 Å². The van der Waals surface area contributed by atoms with Crippen LogP contribution in [0.2, 0.25) is 0 Å². The minimum atomic E-state index is -0.724. The molecular formula is C10H20N2Na2O10. The number of hydrogen-bond donors (Lipinski definition) is 0. The minimum Gasteiger partial charge on any atom is -0.412 e. The van der Waals surface area contributed by atoms with E-state index in [1.165, 1.54) is 0 Å². The molecule has 0 rings (SSSR count). The zero-order chi connectivity index (χ0) is 15.7. The fourth-order valence-corrected chi connectivity index (χ4v) is 0.957. The summed E-state index contributed by atoms with van der Waals surface area (Å²) in [7, 11) is 0. The first-order valence-electron chi connectivity index (χ1n) is 5.50. The van der Waals surface area contributed by atoms with Crippen LogP contribution in [0.25, 0.3) is 0 Å². The fraction of sp³-hybridized carbons (Fsp3) is 0.600. The van der Waals surface area contributed by atoms with E-state index in [0.717, 1.165) is 27.7 Å². The monoisotopic (exact) mass is 374 g/mol. The maximum Gasteiger partial charge on any atom is 0.326 e. The Kier molecular flexibility index (Phi) is 27.7. The Morgan fingerprint density at radius 3 is 0.875 bits per heavy atom. The van der Waals surface area contributed by atoms with Gasteiger partial charge >= 0.3 is 23.9 Å². The third-order valence-electron chi connectivity index (χ3n) is 1.39. The van der Waals surface area contributed by atoms with Crippen molar-refractivity contribution in [2.24, 2.45) is 0 Å². The molecule has 0 aliphatic heterocycles. The van der Waals surface area contributed by atoms with Gasteiger partial charge in [0.1, 0.15) is 0 Å². The second-order valence-corrected chi connectivity index (χ2v) is 3.44. The van der Waals surface area contributed by atoms with Crippen molar-refractivity contribution >= 4 is 83.0 Å². The molecule has 0 unspecified atom stereocenters. The first kappa shape index (κ1) is 34.9. The summed E-state index contributed by atoms with van der Waals surface area (Å²) in [5.74, 6) is -2.90. The molecule has 0 aromatic heterocycles. The van der Waals surface area contributed by atoms with E-state index in [9.17, 15) is 19.2 Å². The van der Waals surface area contributed by atoms with Gasteiger partial charge < -0.3 is 30.3 Å². The molecule has 0 heterocycles. The van der Waals surface area contributed by atoms with E-state index in [2.05, 4.69) is 19.4 Å². The normalized spacial score (nSPS) is 8.42. The van der Waals surface area contributed by atoms with E-state index >= 15 is 0 Å². The number of hydrogen-bond acceptors (Lipinski definition) is 10. The number of hydroxylamine groups is 4. The molecule has 0 aromatic carbocycles. The van der Waals surface area contributed by atoms with E-state index in [4.69, 9.17) is 0 Å². The van der Waals surface area contributed by atoms with Gasteiger partial charge in [0.15, 0.2) is 0 Å². The molecule has 0 saturated carbocycles. The summed E-state index contributed by atoms with van der Waals surface area (Å²) >= 11 is 0. The van der Waals surface area contributed by atoms with Crippen LogP contribution in [0.5, 0.6) is 0 Å². The van der Waals surface area contributed by atoms with Crippen molar-refractivity contribution in [3.05, 3.63) is 0 Å². The Morgan fingerprint density at radius 2 is 0.750 bits per heavy atom. The van der Waals surface area contributed by atoms with Crippen LogP contribution < -0.4 is 0 Å². The topological polar surface area (TPSA) is 175 Å². The number of rotatable bonds is 7. The van der Waals surface area contributed by atoms with Crippen molar-refractivity contribution in [3.8, 4) is 0 Å². The zero-order valence-corrected chi connectivity index (χ0v) is 18.6. The standard InChI is InChI=1S/C10H16N2O8.2Na.2H2O/c1-7(13)17-11(18-8(2)14)5-6-12(19-9(3)15)20-10(4)16;;;;/h5-6H2,1-4H3;;;2*1H2. The predicted molar refractivity (Wildman–Crippen MR) is 79.2 cm³/mol. The van der Waals surface area contributed by atoms with E-state index in [1.54, 1.807) is 0 Å². The molecule has 0 bridgehead atoms. The second-order valence-electron chi connectivity index (χ2n) is 3.44. The van der Waals surface area contributed by atoms with Crippen molar-refractivity contribution in [2.45, 2.75) is 27.7 Å². The Balaban J connectivity index is -0.000000301. The van der Waals surface area contributed by atoms with Gasteiger partial charge in [-0.1, -0.05) is 0 Å². The quantitative estimate of drug-likeness (QED) is 0.332. The summed E-state index contributed by atoms with van der Waals surface area (Å²) in [4.78, 5) is 61.4. The number of carbonyl (C=O) groups excluding carboxylic acids is 4. The molecule has 14 heteroatoms. The van der Waals surface area contributed by atoms with Gasteiger partial charge in [0.05, 0.1) is 13.1 Å². The van der Waals surface area contributed by atoms with Gasteiger partial charge in [-0.3, -0.25) is 19.2 Å². The van der Waals surface area contributed by atoms with Crippen LogP contribution in [-0.2, 0) is 38.5 Å². The summed E-state index contributed by atoms with van der Waals surface area (Å²) in [5.41, 5.74) is 0.